The number of anilines is 1. The highest BCUT2D eigenvalue weighted by Gasteiger charge is 2.30. The van der Waals surface area contributed by atoms with Gasteiger partial charge in [-0.15, -0.1) is 11.3 Å². The number of fused-ring (bicyclic) bond motifs is 1. The molecule has 2 aromatic heterocycles. The molecule has 1 aliphatic heterocycles. The summed E-state index contributed by atoms with van der Waals surface area (Å²) in [5.41, 5.74) is 2.43. The summed E-state index contributed by atoms with van der Waals surface area (Å²) >= 11 is 1.55. The van der Waals surface area contributed by atoms with Crippen molar-refractivity contribution in [3.05, 3.63) is 68.3 Å². The van der Waals surface area contributed by atoms with Crippen molar-refractivity contribution in [3.8, 4) is 11.3 Å². The molecule has 0 bridgehead atoms. The molecule has 0 aliphatic carbocycles. The van der Waals surface area contributed by atoms with Gasteiger partial charge in [0.05, 0.1) is 10.5 Å². The molecule has 1 atom stereocenters. The van der Waals surface area contributed by atoms with Gasteiger partial charge in [-0.25, -0.2) is 0 Å². The van der Waals surface area contributed by atoms with Crippen LogP contribution in [0.15, 0.2) is 40.8 Å². The molecule has 132 valence electrons. The van der Waals surface area contributed by atoms with E-state index in [9.17, 15) is 14.9 Å². The number of amides is 1. The number of furan rings is 1. The summed E-state index contributed by atoms with van der Waals surface area (Å²) in [4.78, 5) is 23.8. The first-order valence-corrected chi connectivity index (χ1v) is 8.77. The lowest BCUT2D eigenvalue weighted by Gasteiger charge is -2.24. The van der Waals surface area contributed by atoms with Crippen LogP contribution in [0, 0.1) is 24.0 Å². The smallest absolute Gasteiger partial charge is 0.269 e. The Hall–Kier alpha value is -3.13. The Morgan fingerprint density at radius 1 is 1.12 bits per heavy atom. The number of thiophene rings is 1. The van der Waals surface area contributed by atoms with Gasteiger partial charge in [0, 0.05) is 22.6 Å². The van der Waals surface area contributed by atoms with Crippen LogP contribution in [0.5, 0.6) is 0 Å². The van der Waals surface area contributed by atoms with Gasteiger partial charge < -0.3 is 15.1 Å². The van der Waals surface area contributed by atoms with Crippen LogP contribution in [0.4, 0.5) is 10.7 Å². The minimum absolute atomic E-state index is 0.0257. The number of benzene rings is 1. The zero-order valence-electron chi connectivity index (χ0n) is 14.0. The van der Waals surface area contributed by atoms with Crippen LogP contribution >= 0.6 is 11.3 Å². The highest BCUT2D eigenvalue weighted by atomic mass is 32.1. The van der Waals surface area contributed by atoms with Crippen LogP contribution in [0.2, 0.25) is 0 Å². The van der Waals surface area contributed by atoms with E-state index in [0.717, 1.165) is 21.0 Å². The fraction of sp³-hybridized carbons (Fsp3) is 0.167. The number of nitrogens with zero attached hydrogens (tertiary/aromatic N) is 1. The summed E-state index contributed by atoms with van der Waals surface area (Å²) in [6.45, 7) is 3.92. The number of aryl methyl sites for hydroxylation is 1. The van der Waals surface area contributed by atoms with Crippen LogP contribution in [0.1, 0.15) is 32.7 Å². The van der Waals surface area contributed by atoms with Crippen molar-refractivity contribution >= 4 is 27.9 Å². The van der Waals surface area contributed by atoms with Gasteiger partial charge in [0.25, 0.3) is 11.6 Å². The van der Waals surface area contributed by atoms with E-state index in [1.54, 1.807) is 35.6 Å². The number of carbonyl (C=O) groups excluding carboxylic acids is 1. The van der Waals surface area contributed by atoms with Crippen molar-refractivity contribution in [3.63, 3.8) is 0 Å². The number of nitro groups is 1. The zero-order valence-corrected chi connectivity index (χ0v) is 14.8. The molecule has 1 aliphatic rings. The topological polar surface area (TPSA) is 97.4 Å². The van der Waals surface area contributed by atoms with E-state index in [1.165, 1.54) is 12.1 Å². The molecule has 8 heteroatoms. The van der Waals surface area contributed by atoms with E-state index in [0.29, 0.717) is 17.1 Å². The van der Waals surface area contributed by atoms with Crippen molar-refractivity contribution in [2.24, 2.45) is 0 Å². The van der Waals surface area contributed by atoms with Gasteiger partial charge in [0.1, 0.15) is 16.5 Å². The van der Waals surface area contributed by atoms with Gasteiger partial charge in [-0.05, 0) is 43.7 Å². The third-order valence-electron chi connectivity index (χ3n) is 4.44. The summed E-state index contributed by atoms with van der Waals surface area (Å²) in [5.74, 6) is 1.02. The van der Waals surface area contributed by atoms with Gasteiger partial charge in [0.15, 0.2) is 6.17 Å². The third kappa shape index (κ3) is 2.64. The SMILES string of the molecule is Cc1sc2c(c1C)C(=O)N[C@H](c1ccc(-c3ccc([N+](=O)[O-])cc3)o1)N2. The molecule has 4 rings (SSSR count). The largest absolute Gasteiger partial charge is 0.457 e. The molecule has 3 heterocycles. The molecule has 0 unspecified atom stereocenters. The lowest BCUT2D eigenvalue weighted by Crippen LogP contribution is -2.37. The van der Waals surface area contributed by atoms with E-state index in [2.05, 4.69) is 10.6 Å². The van der Waals surface area contributed by atoms with Crippen LogP contribution in [-0.2, 0) is 0 Å². The number of nitro benzene ring substituents is 1. The van der Waals surface area contributed by atoms with Gasteiger partial charge >= 0.3 is 0 Å². The number of hydrogen-bond acceptors (Lipinski definition) is 6. The monoisotopic (exact) mass is 369 g/mol. The van der Waals surface area contributed by atoms with Gasteiger partial charge in [-0.1, -0.05) is 0 Å². The highest BCUT2D eigenvalue weighted by molar-refractivity contribution is 7.16. The van der Waals surface area contributed by atoms with Crippen molar-refractivity contribution < 1.29 is 14.1 Å². The lowest BCUT2D eigenvalue weighted by molar-refractivity contribution is -0.384. The summed E-state index contributed by atoms with van der Waals surface area (Å²) in [6, 6.07) is 9.70. The second-order valence-electron chi connectivity index (χ2n) is 6.04. The Balaban J connectivity index is 1.60. The van der Waals surface area contributed by atoms with Gasteiger partial charge in [-0.3, -0.25) is 14.9 Å². The standard InChI is InChI=1S/C18H15N3O4S/c1-9-10(2)26-18-15(9)17(22)19-16(20-18)14-8-7-13(25-14)11-3-5-12(6-4-11)21(23)24/h3-8,16,20H,1-2H3,(H,19,22)/t16-/m0/s1. The Kier molecular flexibility index (Phi) is 3.77. The maximum atomic E-state index is 12.4. The minimum Gasteiger partial charge on any atom is -0.457 e. The first kappa shape index (κ1) is 16.3. The molecule has 0 fully saturated rings. The third-order valence-corrected chi connectivity index (χ3v) is 5.58. The maximum Gasteiger partial charge on any atom is 0.269 e. The molecule has 0 saturated heterocycles. The first-order chi connectivity index (χ1) is 12.4. The zero-order chi connectivity index (χ0) is 18.4. The molecule has 0 radical (unpaired) electrons. The molecule has 1 amide bonds. The number of rotatable bonds is 3. The summed E-state index contributed by atoms with van der Waals surface area (Å²) in [5, 5.41) is 17.8. The van der Waals surface area contributed by atoms with Gasteiger partial charge in [-0.2, -0.15) is 0 Å². The van der Waals surface area contributed by atoms with Crippen molar-refractivity contribution in [1.82, 2.24) is 5.32 Å². The van der Waals surface area contributed by atoms with E-state index < -0.39 is 11.1 Å². The van der Waals surface area contributed by atoms with Crippen molar-refractivity contribution in [2.75, 3.05) is 5.32 Å². The predicted octanol–water partition coefficient (Wildman–Crippen LogP) is 4.39. The maximum absolute atomic E-state index is 12.4. The van der Waals surface area contributed by atoms with E-state index in [-0.39, 0.29) is 11.6 Å². The molecule has 2 N–H and O–H groups in total. The van der Waals surface area contributed by atoms with Crippen molar-refractivity contribution in [2.45, 2.75) is 20.0 Å². The molecule has 1 aromatic carbocycles. The number of carbonyl (C=O) groups is 1. The Bertz CT molecular complexity index is 1020. The van der Waals surface area contributed by atoms with E-state index >= 15 is 0 Å². The second kappa shape index (κ2) is 5.99. The fourth-order valence-electron chi connectivity index (χ4n) is 2.93. The highest BCUT2D eigenvalue weighted by Crippen LogP contribution is 2.38. The van der Waals surface area contributed by atoms with Gasteiger partial charge in [0.2, 0.25) is 0 Å². The van der Waals surface area contributed by atoms with Crippen LogP contribution in [-0.4, -0.2) is 10.8 Å². The van der Waals surface area contributed by atoms with Crippen LogP contribution < -0.4 is 10.6 Å². The molecular weight excluding hydrogens is 354 g/mol. The number of non-ortho nitro benzene ring substituents is 1. The molecule has 3 aromatic rings. The summed E-state index contributed by atoms with van der Waals surface area (Å²) in [6.07, 6.45) is -0.459. The van der Waals surface area contributed by atoms with E-state index in [4.69, 9.17) is 4.42 Å². The molecule has 0 spiro atoms. The lowest BCUT2D eigenvalue weighted by atomic mass is 10.1. The average Bonchev–Trinajstić information content (AvgIpc) is 3.21. The van der Waals surface area contributed by atoms with Crippen LogP contribution in [0.3, 0.4) is 0 Å². The molecule has 7 nitrogen and oxygen atoms in total. The van der Waals surface area contributed by atoms with Crippen LogP contribution in [0.25, 0.3) is 11.3 Å². The Morgan fingerprint density at radius 3 is 2.54 bits per heavy atom. The first-order valence-electron chi connectivity index (χ1n) is 7.96. The molecular formula is C18H15N3O4S. The minimum atomic E-state index is -0.459. The number of nitrogens with one attached hydrogen (secondary N) is 2. The quantitative estimate of drug-likeness (QED) is 0.527. The second-order valence-corrected chi connectivity index (χ2v) is 7.27. The average molecular weight is 369 g/mol. The Morgan fingerprint density at radius 2 is 1.85 bits per heavy atom. The van der Waals surface area contributed by atoms with Crippen molar-refractivity contribution in [1.29, 1.82) is 0 Å². The number of hydrogen-bond donors (Lipinski definition) is 2. The summed E-state index contributed by atoms with van der Waals surface area (Å²) in [7, 11) is 0. The summed E-state index contributed by atoms with van der Waals surface area (Å²) < 4.78 is 5.87. The molecule has 26 heavy (non-hydrogen) atoms. The van der Waals surface area contributed by atoms with E-state index in [1.807, 2.05) is 13.8 Å². The Labute approximate surface area is 152 Å². The molecule has 0 saturated carbocycles. The fourth-order valence-corrected chi connectivity index (χ4v) is 4.01. The normalized spacial score (nSPS) is 15.9. The predicted molar refractivity (Wildman–Crippen MR) is 98.4 cm³/mol.